The zero-order valence-corrected chi connectivity index (χ0v) is 20.3. The van der Waals surface area contributed by atoms with Crippen LogP contribution in [0.15, 0.2) is 18.2 Å². The predicted octanol–water partition coefficient (Wildman–Crippen LogP) is 4.66. The normalized spacial score (nSPS) is 14.1. The van der Waals surface area contributed by atoms with E-state index in [1.54, 1.807) is 14.2 Å². The highest BCUT2D eigenvalue weighted by Gasteiger charge is 2.22. The van der Waals surface area contributed by atoms with E-state index in [-0.39, 0.29) is 20.8 Å². The molecule has 0 aliphatic carbocycles. The van der Waals surface area contributed by atoms with E-state index in [2.05, 4.69) is 9.88 Å². The molecule has 0 saturated carbocycles. The highest BCUT2D eigenvalue weighted by atomic mass is 35.5. The lowest BCUT2D eigenvalue weighted by atomic mass is 10.1. The molecule has 1 aliphatic rings. The van der Waals surface area contributed by atoms with Crippen LogP contribution in [0.4, 0.5) is 5.82 Å². The van der Waals surface area contributed by atoms with Gasteiger partial charge in [-0.1, -0.05) is 34.8 Å². The number of hydrogen-bond acceptors (Lipinski definition) is 7. The van der Waals surface area contributed by atoms with Crippen LogP contribution < -0.4 is 14.4 Å². The average Bonchev–Trinajstić information content (AvgIpc) is 2.81. The third kappa shape index (κ3) is 5.89. The molecule has 1 aromatic heterocycles. The Balaban J connectivity index is 1.91. The number of morpholine rings is 1. The summed E-state index contributed by atoms with van der Waals surface area (Å²) in [7, 11) is 3.24. The summed E-state index contributed by atoms with van der Waals surface area (Å²) >= 11 is 19.1. The standard InChI is InChI=1S/C22H25Cl3N4O3/c1-30-16-4-5-18(31-2)15(12-16)14-29(7-3-6-28-8-10-32-11-9-28)22-20(24)19(23)17(13-26)21(25)27-22/h4-5,12H,3,6-11,14H2,1-2H3. The Hall–Kier alpha value is -1.95. The van der Waals surface area contributed by atoms with Crippen molar-refractivity contribution in [2.75, 3.05) is 58.5 Å². The van der Waals surface area contributed by atoms with Crippen LogP contribution in [0.3, 0.4) is 0 Å². The number of nitriles is 1. The summed E-state index contributed by atoms with van der Waals surface area (Å²) in [5.41, 5.74) is 0.960. The van der Waals surface area contributed by atoms with Gasteiger partial charge in [0.05, 0.1) is 32.5 Å². The molecule has 10 heteroatoms. The molecule has 172 valence electrons. The maximum Gasteiger partial charge on any atom is 0.151 e. The highest BCUT2D eigenvalue weighted by Crippen LogP contribution is 2.38. The van der Waals surface area contributed by atoms with E-state index in [9.17, 15) is 5.26 Å². The van der Waals surface area contributed by atoms with Gasteiger partial charge in [0.2, 0.25) is 0 Å². The zero-order chi connectivity index (χ0) is 23.1. The number of benzene rings is 1. The molecule has 1 fully saturated rings. The molecule has 2 heterocycles. The van der Waals surface area contributed by atoms with Gasteiger partial charge in [0.15, 0.2) is 11.0 Å². The average molecular weight is 500 g/mol. The minimum Gasteiger partial charge on any atom is -0.497 e. The second kappa shape index (κ2) is 11.8. The van der Waals surface area contributed by atoms with Gasteiger partial charge < -0.3 is 19.1 Å². The summed E-state index contributed by atoms with van der Waals surface area (Å²) in [5.74, 6) is 1.85. The molecule has 0 radical (unpaired) electrons. The van der Waals surface area contributed by atoms with Gasteiger partial charge in [-0.25, -0.2) is 4.98 Å². The van der Waals surface area contributed by atoms with E-state index >= 15 is 0 Å². The van der Waals surface area contributed by atoms with Gasteiger partial charge in [-0.15, -0.1) is 0 Å². The lowest BCUT2D eigenvalue weighted by Gasteiger charge is -2.30. The number of rotatable bonds is 9. The lowest BCUT2D eigenvalue weighted by molar-refractivity contribution is 0.0376. The molecule has 32 heavy (non-hydrogen) atoms. The molecule has 0 amide bonds. The van der Waals surface area contributed by atoms with Gasteiger partial charge in [-0.2, -0.15) is 5.26 Å². The van der Waals surface area contributed by atoms with Crippen LogP contribution in [0.2, 0.25) is 15.2 Å². The minimum atomic E-state index is 0.0210. The molecule has 3 rings (SSSR count). The smallest absolute Gasteiger partial charge is 0.151 e. The zero-order valence-electron chi connectivity index (χ0n) is 18.0. The molecule has 2 aromatic rings. The topological polar surface area (TPSA) is 70.8 Å². The number of pyridine rings is 1. The Labute approximate surface area is 203 Å². The molecular formula is C22H25Cl3N4O3. The Kier molecular flexibility index (Phi) is 9.09. The fourth-order valence-corrected chi connectivity index (χ4v) is 4.32. The fraction of sp³-hybridized carbons (Fsp3) is 0.455. The van der Waals surface area contributed by atoms with E-state index < -0.39 is 0 Å². The van der Waals surface area contributed by atoms with Crippen molar-refractivity contribution in [3.8, 4) is 17.6 Å². The van der Waals surface area contributed by atoms with E-state index in [0.717, 1.165) is 44.8 Å². The lowest BCUT2D eigenvalue weighted by Crippen LogP contribution is -2.38. The summed E-state index contributed by atoms with van der Waals surface area (Å²) in [6.45, 7) is 5.31. The Morgan fingerprint density at radius 3 is 2.56 bits per heavy atom. The second-order valence-corrected chi connectivity index (χ2v) is 8.36. The number of aromatic nitrogens is 1. The van der Waals surface area contributed by atoms with Gasteiger partial charge in [0.25, 0.3) is 0 Å². The Bertz CT molecular complexity index is 978. The number of halogens is 3. The predicted molar refractivity (Wildman–Crippen MR) is 126 cm³/mol. The summed E-state index contributed by atoms with van der Waals surface area (Å²) in [6.07, 6.45) is 0.861. The molecule has 0 unspecified atom stereocenters. The maximum absolute atomic E-state index is 9.32. The van der Waals surface area contributed by atoms with Crippen LogP contribution in [0.5, 0.6) is 11.5 Å². The summed E-state index contributed by atoms with van der Waals surface area (Å²) < 4.78 is 16.4. The first-order valence-corrected chi connectivity index (χ1v) is 11.3. The Morgan fingerprint density at radius 1 is 1.16 bits per heavy atom. The van der Waals surface area contributed by atoms with Crippen molar-refractivity contribution in [2.24, 2.45) is 0 Å². The molecule has 0 atom stereocenters. The van der Waals surface area contributed by atoms with Crippen molar-refractivity contribution in [3.05, 3.63) is 44.5 Å². The summed E-state index contributed by atoms with van der Waals surface area (Å²) in [6, 6.07) is 7.56. The van der Waals surface area contributed by atoms with E-state index in [4.69, 9.17) is 49.0 Å². The number of anilines is 1. The highest BCUT2D eigenvalue weighted by molar-refractivity contribution is 6.45. The molecule has 7 nitrogen and oxygen atoms in total. The number of hydrogen-bond donors (Lipinski definition) is 0. The molecular weight excluding hydrogens is 475 g/mol. The van der Waals surface area contributed by atoms with Gasteiger partial charge in [-0.3, -0.25) is 4.90 Å². The summed E-state index contributed by atoms with van der Waals surface area (Å²) in [5, 5.41) is 9.64. The van der Waals surface area contributed by atoms with Gasteiger partial charge in [0.1, 0.15) is 28.2 Å². The van der Waals surface area contributed by atoms with Crippen LogP contribution >= 0.6 is 34.8 Å². The monoisotopic (exact) mass is 498 g/mol. The molecule has 0 N–H and O–H groups in total. The number of ether oxygens (including phenoxy) is 3. The largest absolute Gasteiger partial charge is 0.497 e. The van der Waals surface area contributed by atoms with Crippen molar-refractivity contribution in [1.29, 1.82) is 5.26 Å². The van der Waals surface area contributed by atoms with Crippen LogP contribution in [0, 0.1) is 11.3 Å². The molecule has 0 bridgehead atoms. The SMILES string of the molecule is COc1ccc(OC)c(CN(CCCN2CCOCC2)c2nc(Cl)c(C#N)c(Cl)c2Cl)c1. The van der Waals surface area contributed by atoms with Crippen molar-refractivity contribution >= 4 is 40.6 Å². The first kappa shape index (κ1) is 24.7. The maximum atomic E-state index is 9.32. The number of methoxy groups -OCH3 is 2. The van der Waals surface area contributed by atoms with Crippen LogP contribution in [0.1, 0.15) is 17.5 Å². The second-order valence-electron chi connectivity index (χ2n) is 7.25. The van der Waals surface area contributed by atoms with E-state index in [0.29, 0.717) is 30.4 Å². The van der Waals surface area contributed by atoms with Crippen LogP contribution in [-0.4, -0.2) is 63.5 Å². The molecule has 1 aromatic carbocycles. The van der Waals surface area contributed by atoms with Crippen molar-refractivity contribution in [2.45, 2.75) is 13.0 Å². The third-order valence-electron chi connectivity index (χ3n) is 5.29. The fourth-order valence-electron chi connectivity index (χ4n) is 3.58. The molecule has 1 saturated heterocycles. The van der Waals surface area contributed by atoms with E-state index in [1.807, 2.05) is 29.2 Å². The third-order valence-corrected chi connectivity index (χ3v) is 6.39. The van der Waals surface area contributed by atoms with Gasteiger partial charge in [0, 0.05) is 38.3 Å². The molecule has 1 aliphatic heterocycles. The number of nitrogens with zero attached hydrogens (tertiary/aromatic N) is 4. The van der Waals surface area contributed by atoms with Crippen molar-refractivity contribution in [3.63, 3.8) is 0 Å². The van der Waals surface area contributed by atoms with E-state index in [1.165, 1.54) is 0 Å². The first-order chi connectivity index (χ1) is 15.5. The van der Waals surface area contributed by atoms with Gasteiger partial charge in [-0.05, 0) is 24.6 Å². The van der Waals surface area contributed by atoms with Crippen LogP contribution in [-0.2, 0) is 11.3 Å². The minimum absolute atomic E-state index is 0.0210. The quantitative estimate of drug-likeness (QED) is 0.465. The van der Waals surface area contributed by atoms with Crippen LogP contribution in [0.25, 0.3) is 0 Å². The first-order valence-electron chi connectivity index (χ1n) is 10.2. The summed E-state index contributed by atoms with van der Waals surface area (Å²) in [4.78, 5) is 8.77. The van der Waals surface area contributed by atoms with Crippen molar-refractivity contribution < 1.29 is 14.2 Å². The van der Waals surface area contributed by atoms with Crippen molar-refractivity contribution in [1.82, 2.24) is 9.88 Å². The Morgan fingerprint density at radius 2 is 1.91 bits per heavy atom. The van der Waals surface area contributed by atoms with Gasteiger partial charge >= 0.3 is 0 Å². The molecule has 0 spiro atoms.